The number of halogens is 2. The molecule has 0 aromatic heterocycles. The Kier molecular flexibility index (Phi) is 5.83. The Morgan fingerprint density at radius 3 is 2.62 bits per heavy atom. The van der Waals surface area contributed by atoms with Gasteiger partial charge < -0.3 is 10.2 Å². The van der Waals surface area contributed by atoms with Gasteiger partial charge in [-0.05, 0) is 43.5 Å². The van der Waals surface area contributed by atoms with E-state index < -0.39 is 9.05 Å². The van der Waals surface area contributed by atoms with Crippen LogP contribution in [-0.4, -0.2) is 44.3 Å². The first-order valence-corrected chi connectivity index (χ1v) is 12.4. The second-order valence-corrected chi connectivity index (χ2v) is 10.8. The Morgan fingerprint density at radius 1 is 1.24 bits per heavy atom. The fourth-order valence-electron chi connectivity index (χ4n) is 4.44. The highest BCUT2D eigenvalue weighted by atomic mass is 35.7. The molecule has 4 rings (SSSR count). The third kappa shape index (κ3) is 4.27. The Labute approximate surface area is 180 Å². The van der Waals surface area contributed by atoms with Gasteiger partial charge in [0.2, 0.25) is 0 Å². The molecule has 29 heavy (non-hydrogen) atoms. The number of anilines is 1. The maximum absolute atomic E-state index is 12.8. The molecule has 1 saturated carbocycles. The van der Waals surface area contributed by atoms with Crippen LogP contribution in [0.2, 0.25) is 0 Å². The van der Waals surface area contributed by atoms with Crippen LogP contribution in [0.1, 0.15) is 31.2 Å². The number of hydrogen-bond donors (Lipinski definition) is 3. The van der Waals surface area contributed by atoms with E-state index in [-0.39, 0.29) is 35.2 Å². The molecule has 1 amide bonds. The second-order valence-electron chi connectivity index (χ2n) is 7.84. The van der Waals surface area contributed by atoms with Gasteiger partial charge in [0.05, 0.1) is 11.1 Å². The van der Waals surface area contributed by atoms with Crippen molar-refractivity contribution in [3.63, 3.8) is 0 Å². The van der Waals surface area contributed by atoms with Crippen LogP contribution in [0.4, 0.5) is 5.69 Å². The zero-order valence-electron chi connectivity index (χ0n) is 16.0. The largest absolute Gasteiger partial charge is 0.357 e. The maximum atomic E-state index is 12.8. The number of hydrogen-bond acceptors (Lipinski definition) is 6. The van der Waals surface area contributed by atoms with Crippen LogP contribution < -0.4 is 16.0 Å². The van der Waals surface area contributed by atoms with Crippen LogP contribution >= 0.6 is 22.3 Å². The summed E-state index contributed by atoms with van der Waals surface area (Å²) in [5, 5.41) is 10.5. The van der Waals surface area contributed by atoms with E-state index in [0.717, 1.165) is 36.9 Å². The molecule has 10 heteroatoms. The van der Waals surface area contributed by atoms with Crippen molar-refractivity contribution in [1.82, 2.24) is 15.5 Å². The lowest BCUT2D eigenvalue weighted by molar-refractivity contribution is -0.135. The summed E-state index contributed by atoms with van der Waals surface area (Å²) in [7, 11) is 1.66. The molecule has 0 radical (unpaired) electrons. The molecular weight excluding hydrogens is 435 g/mol. The Morgan fingerprint density at radius 2 is 1.97 bits per heavy atom. The van der Waals surface area contributed by atoms with E-state index >= 15 is 0 Å². The van der Waals surface area contributed by atoms with Crippen LogP contribution in [0.5, 0.6) is 0 Å². The van der Waals surface area contributed by atoms with E-state index in [1.54, 1.807) is 6.07 Å². The summed E-state index contributed by atoms with van der Waals surface area (Å²) in [4.78, 5) is 14.8. The van der Waals surface area contributed by atoms with Gasteiger partial charge in [0, 0.05) is 34.9 Å². The summed E-state index contributed by atoms with van der Waals surface area (Å²) in [5.41, 5.74) is 1.54. The molecule has 2 fully saturated rings. The lowest BCUT2D eigenvalue weighted by Crippen LogP contribution is -2.69. The summed E-state index contributed by atoms with van der Waals surface area (Å²) >= 11 is 6.24. The highest BCUT2D eigenvalue weighted by molar-refractivity contribution is 8.13. The van der Waals surface area contributed by atoms with Crippen molar-refractivity contribution in [2.75, 3.05) is 11.9 Å². The van der Waals surface area contributed by atoms with Crippen molar-refractivity contribution in [2.45, 2.75) is 56.0 Å². The Hall–Kier alpha value is -1.32. The van der Waals surface area contributed by atoms with Gasteiger partial charge in [0.25, 0.3) is 15.0 Å². The van der Waals surface area contributed by atoms with E-state index in [9.17, 15) is 13.2 Å². The smallest absolute Gasteiger partial charge is 0.266 e. The lowest BCUT2D eigenvalue weighted by Gasteiger charge is -2.48. The first-order valence-electron chi connectivity index (χ1n) is 9.75. The SMILES string of the molecule is Cc1cc(S(=O)(=O)Cl)ccc1NC1NCC2C=C(Cl)C(=O)N(C3CCCC3)C2N1. The number of nitrogens with one attached hydrogen (secondary N) is 3. The van der Waals surface area contributed by atoms with E-state index in [1.807, 2.05) is 17.9 Å². The number of nitrogens with zero attached hydrogens (tertiary/aromatic N) is 1. The number of benzene rings is 1. The van der Waals surface area contributed by atoms with Crippen LogP contribution in [0.15, 0.2) is 34.2 Å². The van der Waals surface area contributed by atoms with Gasteiger partial charge >= 0.3 is 0 Å². The minimum Gasteiger partial charge on any atom is -0.357 e. The molecule has 158 valence electrons. The standard InChI is InChI=1S/C19H24Cl2N4O3S/c1-11-8-14(29(21,27)28)6-7-16(11)23-19-22-10-12-9-15(20)18(26)25(17(12)24-19)13-4-2-3-5-13/h6-9,12-13,17,19,22-24H,2-5,10H2,1H3. The van der Waals surface area contributed by atoms with Gasteiger partial charge in [-0.2, -0.15) is 0 Å². The van der Waals surface area contributed by atoms with Crippen molar-refractivity contribution in [1.29, 1.82) is 0 Å². The monoisotopic (exact) mass is 458 g/mol. The number of rotatable bonds is 4. The molecule has 1 aromatic rings. The third-order valence-corrected chi connectivity index (χ3v) is 7.54. The minimum atomic E-state index is -3.77. The number of carbonyl (C=O) groups is 1. The molecule has 3 N–H and O–H groups in total. The van der Waals surface area contributed by atoms with Crippen molar-refractivity contribution in [2.24, 2.45) is 5.92 Å². The molecule has 3 atom stereocenters. The van der Waals surface area contributed by atoms with Crippen molar-refractivity contribution < 1.29 is 13.2 Å². The van der Waals surface area contributed by atoms with E-state index in [4.69, 9.17) is 22.3 Å². The zero-order valence-corrected chi connectivity index (χ0v) is 18.3. The molecular formula is C19H24Cl2N4O3S. The number of fused-ring (bicyclic) bond motifs is 1. The first kappa shape index (κ1) is 20.9. The average Bonchev–Trinajstić information content (AvgIpc) is 3.18. The number of amides is 1. The maximum Gasteiger partial charge on any atom is 0.266 e. The fraction of sp³-hybridized carbons (Fsp3) is 0.526. The minimum absolute atomic E-state index is 0.0666. The molecule has 2 heterocycles. The van der Waals surface area contributed by atoms with Crippen LogP contribution in [0, 0.1) is 12.8 Å². The van der Waals surface area contributed by atoms with Gasteiger partial charge in [0.15, 0.2) is 0 Å². The van der Waals surface area contributed by atoms with E-state index in [2.05, 4.69) is 16.0 Å². The molecule has 0 bridgehead atoms. The molecule has 2 aliphatic heterocycles. The van der Waals surface area contributed by atoms with Crippen LogP contribution in [0.25, 0.3) is 0 Å². The van der Waals surface area contributed by atoms with Crippen LogP contribution in [0.3, 0.4) is 0 Å². The molecule has 3 aliphatic rings. The molecule has 7 nitrogen and oxygen atoms in total. The van der Waals surface area contributed by atoms with Crippen molar-refractivity contribution in [3.05, 3.63) is 34.9 Å². The van der Waals surface area contributed by atoms with Gasteiger partial charge in [0.1, 0.15) is 11.3 Å². The summed E-state index contributed by atoms with van der Waals surface area (Å²) in [5.74, 6) is -0.0236. The molecule has 1 saturated heterocycles. The highest BCUT2D eigenvalue weighted by Crippen LogP contribution is 2.33. The van der Waals surface area contributed by atoms with Gasteiger partial charge in [-0.25, -0.2) is 8.42 Å². The molecule has 0 spiro atoms. The summed E-state index contributed by atoms with van der Waals surface area (Å²) < 4.78 is 23.1. The summed E-state index contributed by atoms with van der Waals surface area (Å²) in [6.45, 7) is 2.48. The zero-order chi connectivity index (χ0) is 20.8. The second kappa shape index (κ2) is 8.07. The summed E-state index contributed by atoms with van der Waals surface area (Å²) in [6, 6.07) is 4.91. The van der Waals surface area contributed by atoms with E-state index in [1.165, 1.54) is 12.1 Å². The number of carbonyl (C=O) groups excluding carboxylic acids is 1. The van der Waals surface area contributed by atoms with E-state index in [0.29, 0.717) is 11.6 Å². The quantitative estimate of drug-likeness (QED) is 0.600. The number of aryl methyl sites for hydroxylation is 1. The topological polar surface area (TPSA) is 90.5 Å². The summed E-state index contributed by atoms with van der Waals surface area (Å²) in [6.07, 6.45) is 5.66. The highest BCUT2D eigenvalue weighted by Gasteiger charge is 2.43. The Bertz CT molecular complexity index is 947. The molecule has 1 aromatic carbocycles. The predicted octanol–water partition coefficient (Wildman–Crippen LogP) is 2.66. The predicted molar refractivity (Wildman–Crippen MR) is 113 cm³/mol. The third-order valence-electron chi connectivity index (χ3n) is 5.90. The van der Waals surface area contributed by atoms with Gasteiger partial charge in [-0.3, -0.25) is 15.4 Å². The van der Waals surface area contributed by atoms with Gasteiger partial charge in [-0.1, -0.05) is 30.5 Å². The average molecular weight is 459 g/mol. The molecule has 1 aliphatic carbocycles. The van der Waals surface area contributed by atoms with Crippen molar-refractivity contribution >= 4 is 42.9 Å². The fourth-order valence-corrected chi connectivity index (χ4v) is 5.53. The first-order chi connectivity index (χ1) is 13.7. The normalized spacial score (nSPS) is 28.2. The Balaban J connectivity index is 1.53. The lowest BCUT2D eigenvalue weighted by atomic mass is 9.95. The van der Waals surface area contributed by atoms with Gasteiger partial charge in [-0.15, -0.1) is 0 Å². The molecule has 3 unspecified atom stereocenters. The van der Waals surface area contributed by atoms with Crippen molar-refractivity contribution in [3.8, 4) is 0 Å². The van der Waals surface area contributed by atoms with Crippen LogP contribution in [-0.2, 0) is 13.8 Å².